The first-order chi connectivity index (χ1) is 15.9. The average molecular weight is 521 g/mol. The Morgan fingerprint density at radius 1 is 0.971 bits per heavy atom. The van der Waals surface area contributed by atoms with E-state index in [1.807, 2.05) is 12.1 Å². The van der Waals surface area contributed by atoms with Crippen molar-refractivity contribution in [2.24, 2.45) is 0 Å². The van der Waals surface area contributed by atoms with Gasteiger partial charge in [0.2, 0.25) is 20.0 Å². The van der Waals surface area contributed by atoms with Gasteiger partial charge in [-0.15, -0.1) is 0 Å². The predicted molar refractivity (Wildman–Crippen MR) is 130 cm³/mol. The van der Waals surface area contributed by atoms with Crippen LogP contribution in [0.25, 0.3) is 11.1 Å². The van der Waals surface area contributed by atoms with Crippen molar-refractivity contribution in [2.75, 3.05) is 11.0 Å². The molecule has 0 unspecified atom stereocenters. The zero-order valence-electron chi connectivity index (χ0n) is 17.9. The molecule has 0 saturated heterocycles. The van der Waals surface area contributed by atoms with Crippen molar-refractivity contribution >= 4 is 43.3 Å². The Morgan fingerprint density at radius 2 is 1.56 bits per heavy atom. The van der Waals surface area contributed by atoms with Gasteiger partial charge in [-0.05, 0) is 59.5 Å². The van der Waals surface area contributed by atoms with Gasteiger partial charge in [0.15, 0.2) is 0 Å². The minimum atomic E-state index is -4.15. The van der Waals surface area contributed by atoms with Crippen LogP contribution in [0.15, 0.2) is 77.7 Å². The summed E-state index contributed by atoms with van der Waals surface area (Å²) in [5.41, 5.74) is 0.692. The van der Waals surface area contributed by atoms with Crippen LogP contribution in [0.4, 0.5) is 5.69 Å². The molecule has 0 amide bonds. The third kappa shape index (κ3) is 5.10. The van der Waals surface area contributed by atoms with E-state index in [2.05, 4.69) is 9.44 Å². The fourth-order valence-electron chi connectivity index (χ4n) is 3.86. The Hall–Kier alpha value is -2.92. The smallest absolute Gasteiger partial charge is 0.325 e. The molecule has 3 aromatic carbocycles. The second-order valence-electron chi connectivity index (χ2n) is 8.17. The number of carboxylic acid groups (broad SMARTS) is 1. The van der Waals surface area contributed by atoms with Crippen molar-refractivity contribution in [3.63, 3.8) is 0 Å². The van der Waals surface area contributed by atoms with E-state index in [0.29, 0.717) is 10.6 Å². The summed E-state index contributed by atoms with van der Waals surface area (Å²) in [6, 6.07) is 19.4. The molecule has 1 aliphatic carbocycles. The van der Waals surface area contributed by atoms with E-state index in [1.54, 1.807) is 36.4 Å². The van der Waals surface area contributed by atoms with Gasteiger partial charge in [0.05, 0.1) is 11.2 Å². The zero-order chi connectivity index (χ0) is 24.7. The highest BCUT2D eigenvalue weighted by atomic mass is 35.5. The fourth-order valence-corrected chi connectivity index (χ4v) is 5.94. The molecule has 3 aromatic rings. The van der Waals surface area contributed by atoms with E-state index in [4.69, 9.17) is 11.6 Å². The van der Waals surface area contributed by atoms with E-state index in [9.17, 15) is 26.7 Å². The highest BCUT2D eigenvalue weighted by molar-refractivity contribution is 7.92. The predicted octanol–water partition coefficient (Wildman–Crippen LogP) is 3.67. The summed E-state index contributed by atoms with van der Waals surface area (Å²) in [4.78, 5) is 12.0. The molecule has 1 aliphatic rings. The molecular formula is C23H21ClN2O6S2. The first-order valence-electron chi connectivity index (χ1n) is 10.1. The number of hydrogen-bond donors (Lipinski definition) is 3. The van der Waals surface area contributed by atoms with Crippen molar-refractivity contribution in [1.29, 1.82) is 0 Å². The largest absolute Gasteiger partial charge is 0.480 e. The standard InChI is InChI=1S/C23H21ClN2O6S2/c1-33(29,30)25-19-4-2-3-17(13-19)21-14-23(21,22(27)28)26-34(31,32)20-11-7-16(8-12-20)15-5-9-18(24)10-6-15/h2-13,21,25-26H,14H2,1H3,(H,27,28)/t21-,23+/m0/s1. The topological polar surface area (TPSA) is 130 Å². The summed E-state index contributed by atoms with van der Waals surface area (Å²) in [7, 11) is -7.67. The Balaban J connectivity index is 1.57. The third-order valence-corrected chi connectivity index (χ3v) is 7.98. The minimum Gasteiger partial charge on any atom is -0.480 e. The van der Waals surface area contributed by atoms with Gasteiger partial charge in [0, 0.05) is 16.6 Å². The van der Waals surface area contributed by atoms with E-state index in [0.717, 1.165) is 17.4 Å². The summed E-state index contributed by atoms with van der Waals surface area (Å²) < 4.78 is 53.8. The van der Waals surface area contributed by atoms with Crippen LogP contribution in [-0.4, -0.2) is 39.7 Å². The van der Waals surface area contributed by atoms with Crippen LogP contribution < -0.4 is 9.44 Å². The second kappa shape index (κ2) is 8.70. The maximum absolute atomic E-state index is 13.0. The Morgan fingerprint density at radius 3 is 2.12 bits per heavy atom. The zero-order valence-corrected chi connectivity index (χ0v) is 20.3. The lowest BCUT2D eigenvalue weighted by molar-refractivity contribution is -0.140. The molecular weight excluding hydrogens is 500 g/mol. The van der Waals surface area contributed by atoms with Crippen LogP contribution in [0, 0.1) is 0 Å². The van der Waals surface area contributed by atoms with Gasteiger partial charge in [-0.3, -0.25) is 9.52 Å². The van der Waals surface area contributed by atoms with Gasteiger partial charge in [-0.2, -0.15) is 4.72 Å². The van der Waals surface area contributed by atoms with Gasteiger partial charge in [-0.25, -0.2) is 16.8 Å². The molecule has 2 atom stereocenters. The quantitative estimate of drug-likeness (QED) is 0.415. The highest BCUT2D eigenvalue weighted by Gasteiger charge is 2.63. The molecule has 0 aromatic heterocycles. The first kappa shape index (κ1) is 24.2. The van der Waals surface area contributed by atoms with Crippen LogP contribution in [0.3, 0.4) is 0 Å². The lowest BCUT2D eigenvalue weighted by Crippen LogP contribution is -2.44. The molecule has 0 spiro atoms. The second-order valence-corrected chi connectivity index (χ2v) is 12.0. The van der Waals surface area contributed by atoms with Gasteiger partial charge >= 0.3 is 5.97 Å². The van der Waals surface area contributed by atoms with Crippen molar-refractivity contribution in [2.45, 2.75) is 22.8 Å². The van der Waals surface area contributed by atoms with Crippen molar-refractivity contribution < 1.29 is 26.7 Å². The fraction of sp³-hybridized carbons (Fsp3) is 0.174. The normalized spacial score (nSPS) is 20.0. The molecule has 178 valence electrons. The minimum absolute atomic E-state index is 0.0345. The SMILES string of the molecule is CS(=O)(=O)Nc1cccc([C@@H]2C[C@]2(NS(=O)(=O)c2ccc(-c3ccc(Cl)cc3)cc2)C(=O)O)c1. The van der Waals surface area contributed by atoms with E-state index in [-0.39, 0.29) is 17.0 Å². The molecule has 1 saturated carbocycles. The Kier molecular flexibility index (Phi) is 6.19. The average Bonchev–Trinajstić information content (AvgIpc) is 3.48. The molecule has 0 aliphatic heterocycles. The maximum Gasteiger partial charge on any atom is 0.325 e. The molecule has 34 heavy (non-hydrogen) atoms. The van der Waals surface area contributed by atoms with Crippen LogP contribution in [0.2, 0.25) is 5.02 Å². The number of benzene rings is 3. The number of anilines is 1. The lowest BCUT2D eigenvalue weighted by Gasteiger charge is -2.16. The van der Waals surface area contributed by atoms with Crippen molar-refractivity contribution in [1.82, 2.24) is 4.72 Å². The van der Waals surface area contributed by atoms with E-state index in [1.165, 1.54) is 24.3 Å². The van der Waals surface area contributed by atoms with Gasteiger partial charge < -0.3 is 5.11 Å². The van der Waals surface area contributed by atoms with Crippen molar-refractivity contribution in [3.8, 4) is 11.1 Å². The van der Waals surface area contributed by atoms with Crippen LogP contribution in [0.5, 0.6) is 0 Å². The number of rotatable bonds is 8. The molecule has 0 radical (unpaired) electrons. The number of carbonyl (C=O) groups is 1. The lowest BCUT2D eigenvalue weighted by atomic mass is 10.1. The third-order valence-electron chi connectivity index (χ3n) is 5.59. The number of nitrogens with one attached hydrogen (secondary N) is 2. The molecule has 0 heterocycles. The van der Waals surface area contributed by atoms with Crippen molar-refractivity contribution in [3.05, 3.63) is 83.4 Å². The summed E-state index contributed by atoms with van der Waals surface area (Å²) in [6.45, 7) is 0. The van der Waals surface area contributed by atoms with Gasteiger partial charge in [-0.1, -0.05) is 48.0 Å². The molecule has 3 N–H and O–H groups in total. The molecule has 0 bridgehead atoms. The number of hydrogen-bond acceptors (Lipinski definition) is 5. The number of halogens is 1. The maximum atomic E-state index is 13.0. The molecule has 8 nitrogen and oxygen atoms in total. The molecule has 1 fully saturated rings. The summed E-state index contributed by atoms with van der Waals surface area (Å²) >= 11 is 5.90. The number of carboxylic acids is 1. The van der Waals surface area contributed by atoms with Gasteiger partial charge in [0.25, 0.3) is 0 Å². The molecule has 11 heteroatoms. The first-order valence-corrected chi connectivity index (χ1v) is 13.9. The van der Waals surface area contributed by atoms with E-state index < -0.39 is 37.5 Å². The Bertz CT molecular complexity index is 1460. The molecule has 4 rings (SSSR count). The van der Waals surface area contributed by atoms with Crippen LogP contribution in [0.1, 0.15) is 17.9 Å². The highest BCUT2D eigenvalue weighted by Crippen LogP contribution is 2.52. The van der Waals surface area contributed by atoms with Crippen LogP contribution in [-0.2, 0) is 24.8 Å². The van der Waals surface area contributed by atoms with E-state index >= 15 is 0 Å². The summed E-state index contributed by atoms with van der Waals surface area (Å²) in [5, 5.41) is 10.5. The van der Waals surface area contributed by atoms with Crippen LogP contribution >= 0.6 is 11.6 Å². The Labute approximate surface area is 202 Å². The monoisotopic (exact) mass is 520 g/mol. The number of aliphatic carboxylic acids is 1. The summed E-state index contributed by atoms with van der Waals surface area (Å²) in [5.74, 6) is -1.96. The summed E-state index contributed by atoms with van der Waals surface area (Å²) in [6.07, 6.45) is 1.04. The van der Waals surface area contributed by atoms with Gasteiger partial charge in [0.1, 0.15) is 5.54 Å². The number of sulfonamides is 2.